The van der Waals surface area contributed by atoms with Crippen LogP contribution in [0.1, 0.15) is 142 Å². The van der Waals surface area contributed by atoms with E-state index in [2.05, 4.69) is 53.4 Å². The Morgan fingerprint density at radius 3 is 2.23 bits per heavy atom. The molecule has 0 heterocycles. The van der Waals surface area contributed by atoms with Crippen LogP contribution in [-0.4, -0.2) is 41.9 Å². The first-order chi connectivity index (χ1) is 24.3. The van der Waals surface area contributed by atoms with Crippen LogP contribution >= 0.6 is 0 Å². The van der Waals surface area contributed by atoms with Crippen molar-refractivity contribution in [1.82, 2.24) is 5.32 Å². The van der Waals surface area contributed by atoms with Gasteiger partial charge in [-0.1, -0.05) is 71.0 Å². The molecule has 1 amide bonds. The summed E-state index contributed by atoms with van der Waals surface area (Å²) in [6, 6.07) is 7.64. The van der Waals surface area contributed by atoms with Gasteiger partial charge in [-0.05, 0) is 143 Å². The maximum Gasteiger partial charge on any atom is 0.309 e. The number of esters is 1. The molecule has 52 heavy (non-hydrogen) atoms. The quantitative estimate of drug-likeness (QED) is 0.142. The summed E-state index contributed by atoms with van der Waals surface area (Å²) in [5.41, 5.74) is 1.61. The van der Waals surface area contributed by atoms with E-state index in [0.29, 0.717) is 41.7 Å². The highest BCUT2D eigenvalue weighted by molar-refractivity contribution is 5.84. The molecule has 6 rings (SSSR count). The van der Waals surface area contributed by atoms with Gasteiger partial charge in [0.2, 0.25) is 5.91 Å². The number of fused-ring (bicyclic) bond motifs is 7. The zero-order chi connectivity index (χ0) is 38.1. The molecule has 1 aromatic rings. The molecule has 0 spiro atoms. The molecule has 0 unspecified atom stereocenters. The second-order valence-corrected chi connectivity index (χ2v) is 19.9. The van der Waals surface area contributed by atoms with Gasteiger partial charge in [0.05, 0.1) is 17.3 Å². The first-order valence-electron chi connectivity index (χ1n) is 20.2. The number of carbonyl (C=O) groups is 4. The standard InChI is InChI=1S/C45H65NO6/c1-28(2)31-16-22-45(38(49)46-25-19-29-10-12-30(27-47)13-11-29)24-23-43(8)32(37(31)45)14-15-34-42(7)20-18-35(52-36(48)26-40(3,4)39(50)51)41(5,6)33(42)17-21-44(34,43)9/h10-13,27,31-35,37H,1,14-26H2,2-9H3,(H,46,49)(H,50,51)/t31-,32+,33-,34+,35-,37+,42-,43+,44+,45-/m0/s1. The van der Waals surface area contributed by atoms with Crippen LogP contribution in [0.15, 0.2) is 36.4 Å². The van der Waals surface area contributed by atoms with Crippen molar-refractivity contribution in [2.45, 2.75) is 139 Å². The Balaban J connectivity index is 1.22. The summed E-state index contributed by atoms with van der Waals surface area (Å²) in [4.78, 5) is 50.4. The van der Waals surface area contributed by atoms with E-state index in [0.717, 1.165) is 82.5 Å². The van der Waals surface area contributed by atoms with E-state index in [9.17, 15) is 24.3 Å². The highest BCUT2D eigenvalue weighted by Gasteiger charge is 2.72. The van der Waals surface area contributed by atoms with E-state index in [4.69, 9.17) is 4.74 Å². The van der Waals surface area contributed by atoms with Gasteiger partial charge in [0.1, 0.15) is 12.4 Å². The van der Waals surface area contributed by atoms with E-state index in [-0.39, 0.29) is 45.5 Å². The summed E-state index contributed by atoms with van der Waals surface area (Å²) >= 11 is 0. The van der Waals surface area contributed by atoms with Crippen LogP contribution in [-0.2, 0) is 25.5 Å². The fourth-order valence-corrected chi connectivity index (χ4v) is 13.6. The van der Waals surface area contributed by atoms with Gasteiger partial charge in [-0.25, -0.2) is 0 Å². The third-order valence-corrected chi connectivity index (χ3v) is 16.7. The lowest BCUT2D eigenvalue weighted by molar-refractivity contribution is -0.249. The number of nitrogens with one attached hydrogen (secondary N) is 1. The van der Waals surface area contributed by atoms with Crippen LogP contribution in [0, 0.1) is 62.1 Å². The Hall–Kier alpha value is -2.96. The van der Waals surface area contributed by atoms with E-state index >= 15 is 0 Å². The summed E-state index contributed by atoms with van der Waals surface area (Å²) in [6.07, 6.45) is 11.5. The first-order valence-corrected chi connectivity index (χ1v) is 20.2. The molecule has 2 N–H and O–H groups in total. The molecule has 5 aliphatic carbocycles. The highest BCUT2D eigenvalue weighted by Crippen LogP contribution is 2.77. The van der Waals surface area contributed by atoms with E-state index < -0.39 is 17.4 Å². The van der Waals surface area contributed by atoms with Gasteiger partial charge in [-0.15, -0.1) is 0 Å². The van der Waals surface area contributed by atoms with E-state index in [1.165, 1.54) is 5.57 Å². The predicted molar refractivity (Wildman–Crippen MR) is 203 cm³/mol. The highest BCUT2D eigenvalue weighted by atomic mass is 16.5. The zero-order valence-corrected chi connectivity index (χ0v) is 33.2. The third-order valence-electron chi connectivity index (χ3n) is 16.7. The smallest absolute Gasteiger partial charge is 0.309 e. The van der Waals surface area contributed by atoms with Crippen LogP contribution in [0.4, 0.5) is 0 Å². The lowest BCUT2D eigenvalue weighted by Gasteiger charge is -2.72. The summed E-state index contributed by atoms with van der Waals surface area (Å²) in [5.74, 6) is 0.882. The molecule has 0 saturated heterocycles. The minimum Gasteiger partial charge on any atom is -0.481 e. The van der Waals surface area contributed by atoms with Gasteiger partial charge in [0.15, 0.2) is 0 Å². The van der Waals surface area contributed by atoms with Gasteiger partial charge in [-0.3, -0.25) is 19.2 Å². The molecule has 5 fully saturated rings. The number of allylic oxidation sites excluding steroid dienone is 1. The van der Waals surface area contributed by atoms with Crippen LogP contribution in [0.5, 0.6) is 0 Å². The van der Waals surface area contributed by atoms with Crippen molar-refractivity contribution in [1.29, 1.82) is 0 Å². The number of carboxylic acid groups (broad SMARTS) is 1. The Morgan fingerprint density at radius 2 is 1.60 bits per heavy atom. The molecular formula is C45H65NO6. The number of ether oxygens (including phenoxy) is 1. The van der Waals surface area contributed by atoms with Crippen LogP contribution in [0.3, 0.4) is 0 Å². The Morgan fingerprint density at radius 1 is 0.904 bits per heavy atom. The molecule has 5 aliphatic rings. The summed E-state index contributed by atoms with van der Waals surface area (Å²) < 4.78 is 6.17. The molecule has 0 aliphatic heterocycles. The van der Waals surface area contributed by atoms with Crippen molar-refractivity contribution in [3.8, 4) is 0 Å². The monoisotopic (exact) mass is 715 g/mol. The molecule has 0 bridgehead atoms. The normalized spacial score (nSPS) is 39.2. The number of amides is 1. The first kappa shape index (κ1) is 38.8. The second-order valence-electron chi connectivity index (χ2n) is 19.9. The number of carboxylic acids is 1. The molecule has 0 radical (unpaired) electrons. The Kier molecular flexibility index (Phi) is 9.99. The minimum absolute atomic E-state index is 0.104. The molecule has 7 nitrogen and oxygen atoms in total. The van der Waals surface area contributed by atoms with Crippen molar-refractivity contribution in [3.05, 3.63) is 47.5 Å². The minimum atomic E-state index is -1.16. The lowest BCUT2D eigenvalue weighted by atomic mass is 9.32. The van der Waals surface area contributed by atoms with Crippen molar-refractivity contribution in [2.75, 3.05) is 6.54 Å². The van der Waals surface area contributed by atoms with E-state index in [1.807, 2.05) is 24.3 Å². The Bertz CT molecular complexity index is 1590. The lowest BCUT2D eigenvalue weighted by Crippen LogP contribution is -2.67. The maximum absolute atomic E-state index is 14.5. The average Bonchev–Trinajstić information content (AvgIpc) is 3.48. The number of aliphatic carboxylic acids is 1. The third kappa shape index (κ3) is 5.99. The molecule has 10 atom stereocenters. The molecule has 0 aromatic heterocycles. The SMILES string of the molecule is C=C(C)[C@@H]1CC[C@]2(C(=O)NCCc3ccc(C=O)cc3)CC[C@]3(C)[C@H](CC[C@@H]4[C@@]5(C)CC[C@H](OC(=O)CC(C)(C)C(=O)O)C(C)(C)[C@@H]5CC[C@]43C)[C@@H]12. The van der Waals surface area contributed by atoms with Crippen molar-refractivity contribution >= 4 is 24.1 Å². The summed E-state index contributed by atoms with van der Waals surface area (Å²) in [5, 5.41) is 13.0. The fraction of sp³-hybridized carbons (Fsp3) is 0.733. The van der Waals surface area contributed by atoms with Gasteiger partial charge < -0.3 is 15.2 Å². The van der Waals surface area contributed by atoms with Crippen LogP contribution < -0.4 is 5.32 Å². The Labute approximate surface area is 312 Å². The number of hydrogen-bond donors (Lipinski definition) is 2. The molecule has 5 saturated carbocycles. The topological polar surface area (TPSA) is 110 Å². The summed E-state index contributed by atoms with van der Waals surface area (Å²) in [6.45, 7) is 22.8. The number of benzene rings is 1. The predicted octanol–water partition coefficient (Wildman–Crippen LogP) is 9.23. The summed E-state index contributed by atoms with van der Waals surface area (Å²) in [7, 11) is 0. The second kappa shape index (κ2) is 13.4. The fourth-order valence-electron chi connectivity index (χ4n) is 13.6. The van der Waals surface area contributed by atoms with E-state index in [1.54, 1.807) is 13.8 Å². The van der Waals surface area contributed by atoms with Gasteiger partial charge >= 0.3 is 11.9 Å². The zero-order valence-electron chi connectivity index (χ0n) is 33.2. The number of rotatable bonds is 10. The molecule has 7 heteroatoms. The van der Waals surface area contributed by atoms with Crippen molar-refractivity contribution in [2.24, 2.45) is 62.1 Å². The molecule has 286 valence electrons. The van der Waals surface area contributed by atoms with Crippen LogP contribution in [0.2, 0.25) is 0 Å². The number of aldehydes is 1. The maximum atomic E-state index is 14.5. The van der Waals surface area contributed by atoms with Gasteiger partial charge in [0.25, 0.3) is 0 Å². The average molecular weight is 716 g/mol. The molecule has 1 aromatic carbocycles. The molecular weight excluding hydrogens is 650 g/mol. The number of hydrogen-bond acceptors (Lipinski definition) is 5. The largest absolute Gasteiger partial charge is 0.481 e. The van der Waals surface area contributed by atoms with Gasteiger partial charge in [0, 0.05) is 17.5 Å². The van der Waals surface area contributed by atoms with Crippen LogP contribution in [0.25, 0.3) is 0 Å². The van der Waals surface area contributed by atoms with Crippen molar-refractivity contribution < 1.29 is 29.0 Å². The number of carbonyl (C=O) groups excluding carboxylic acids is 3. The van der Waals surface area contributed by atoms with Gasteiger partial charge in [-0.2, -0.15) is 0 Å². The van der Waals surface area contributed by atoms with Crippen molar-refractivity contribution in [3.63, 3.8) is 0 Å².